The molecule has 21 heavy (non-hydrogen) atoms. The number of hydrogen-bond acceptors (Lipinski definition) is 4. The summed E-state index contributed by atoms with van der Waals surface area (Å²) >= 11 is 0. The number of hydrogen-bond donors (Lipinski definition) is 2. The summed E-state index contributed by atoms with van der Waals surface area (Å²) in [7, 11) is -3.31. The maximum absolute atomic E-state index is 12.2. The first-order valence-corrected chi connectivity index (χ1v) is 9.09. The normalized spacial score (nSPS) is 24.4. The highest BCUT2D eigenvalue weighted by Gasteiger charge is 2.38. The van der Waals surface area contributed by atoms with Crippen LogP contribution >= 0.6 is 12.4 Å². The van der Waals surface area contributed by atoms with Crippen molar-refractivity contribution in [2.45, 2.75) is 51.1 Å². The molecule has 1 saturated carbocycles. The van der Waals surface area contributed by atoms with Gasteiger partial charge in [-0.3, -0.25) is 4.79 Å². The molecule has 0 aromatic rings. The van der Waals surface area contributed by atoms with E-state index in [2.05, 4.69) is 5.32 Å². The Labute approximate surface area is 133 Å². The van der Waals surface area contributed by atoms with Crippen molar-refractivity contribution in [3.63, 3.8) is 0 Å². The smallest absolute Gasteiger partial charge is 0.238 e. The maximum Gasteiger partial charge on any atom is 0.238 e. The van der Waals surface area contributed by atoms with Crippen molar-refractivity contribution in [2.75, 3.05) is 18.8 Å². The first kappa shape index (κ1) is 18.7. The molecule has 0 bridgehead atoms. The minimum absolute atomic E-state index is 0. The Morgan fingerprint density at radius 3 is 2.62 bits per heavy atom. The number of halogens is 1. The summed E-state index contributed by atoms with van der Waals surface area (Å²) in [5, 5.41) is 2.82. The minimum atomic E-state index is -3.31. The molecule has 0 aromatic heterocycles. The lowest BCUT2D eigenvalue weighted by Gasteiger charge is -2.23. The van der Waals surface area contributed by atoms with Crippen LogP contribution in [-0.4, -0.2) is 49.6 Å². The minimum Gasteiger partial charge on any atom is -0.353 e. The van der Waals surface area contributed by atoms with Gasteiger partial charge in [-0.2, -0.15) is 4.31 Å². The van der Waals surface area contributed by atoms with Crippen LogP contribution < -0.4 is 11.1 Å². The van der Waals surface area contributed by atoms with Gasteiger partial charge in [-0.1, -0.05) is 6.92 Å². The van der Waals surface area contributed by atoms with Gasteiger partial charge < -0.3 is 11.1 Å². The molecule has 6 nitrogen and oxygen atoms in total. The third kappa shape index (κ3) is 4.81. The van der Waals surface area contributed by atoms with Crippen molar-refractivity contribution >= 4 is 28.3 Å². The second-order valence-electron chi connectivity index (χ2n) is 5.83. The van der Waals surface area contributed by atoms with Crippen LogP contribution in [0.4, 0.5) is 0 Å². The lowest BCUT2D eigenvalue weighted by molar-refractivity contribution is -0.124. The molecule has 2 fully saturated rings. The highest BCUT2D eigenvalue weighted by atomic mass is 35.5. The summed E-state index contributed by atoms with van der Waals surface area (Å²) in [6.45, 7) is 2.73. The van der Waals surface area contributed by atoms with Gasteiger partial charge in [0.05, 0.1) is 5.75 Å². The number of nitrogens with two attached hydrogens (primary N) is 1. The maximum atomic E-state index is 12.2. The van der Waals surface area contributed by atoms with Gasteiger partial charge in [-0.25, -0.2) is 8.42 Å². The van der Waals surface area contributed by atoms with Crippen LogP contribution in [0.3, 0.4) is 0 Å². The van der Waals surface area contributed by atoms with Crippen LogP contribution in [-0.2, 0) is 14.8 Å². The largest absolute Gasteiger partial charge is 0.353 e. The third-order valence-corrected chi connectivity index (χ3v) is 6.14. The molecule has 124 valence electrons. The lowest BCUT2D eigenvalue weighted by atomic mass is 10.2. The predicted octanol–water partition coefficient (Wildman–Crippen LogP) is 0.466. The zero-order valence-electron chi connectivity index (χ0n) is 12.5. The van der Waals surface area contributed by atoms with E-state index in [-0.39, 0.29) is 30.1 Å². The van der Waals surface area contributed by atoms with Crippen molar-refractivity contribution in [1.29, 1.82) is 0 Å². The quantitative estimate of drug-likeness (QED) is 0.705. The number of rotatable bonds is 7. The molecule has 2 rings (SSSR count). The van der Waals surface area contributed by atoms with Crippen molar-refractivity contribution in [2.24, 2.45) is 11.7 Å². The second-order valence-corrected chi connectivity index (χ2v) is 7.87. The molecule has 1 saturated heterocycles. The van der Waals surface area contributed by atoms with Gasteiger partial charge in [0.1, 0.15) is 6.04 Å². The van der Waals surface area contributed by atoms with E-state index in [1.807, 2.05) is 6.92 Å². The Morgan fingerprint density at radius 2 is 2.05 bits per heavy atom. The third-order valence-electron chi connectivity index (χ3n) is 4.07. The standard InChI is InChI=1S/C13H25N3O3S.ClH/c1-2-8-20(18,19)16-7-3-4-12(16)13(17)15-9-11(14)10-5-6-10;/h10-12H,2-9,14H2,1H3,(H,15,17);1H. The van der Waals surface area contributed by atoms with Gasteiger partial charge in [0, 0.05) is 19.1 Å². The van der Waals surface area contributed by atoms with E-state index in [4.69, 9.17) is 5.73 Å². The van der Waals surface area contributed by atoms with Gasteiger partial charge in [-0.05, 0) is 38.0 Å². The fraction of sp³-hybridized carbons (Fsp3) is 0.923. The Kier molecular flexibility index (Phi) is 6.90. The van der Waals surface area contributed by atoms with E-state index in [1.54, 1.807) is 0 Å². The van der Waals surface area contributed by atoms with Crippen LogP contribution in [0.1, 0.15) is 39.0 Å². The molecule has 2 unspecified atom stereocenters. The summed E-state index contributed by atoms with van der Waals surface area (Å²) in [6.07, 6.45) is 4.19. The molecule has 8 heteroatoms. The van der Waals surface area contributed by atoms with Crippen molar-refractivity contribution in [3.05, 3.63) is 0 Å². The monoisotopic (exact) mass is 339 g/mol. The molecule has 3 N–H and O–H groups in total. The van der Waals surface area contributed by atoms with Gasteiger partial charge >= 0.3 is 0 Å². The number of carbonyl (C=O) groups excluding carboxylic acids is 1. The predicted molar refractivity (Wildman–Crippen MR) is 84.8 cm³/mol. The van der Waals surface area contributed by atoms with Crippen molar-refractivity contribution in [1.82, 2.24) is 9.62 Å². The highest BCUT2D eigenvalue weighted by Crippen LogP contribution is 2.31. The summed E-state index contributed by atoms with van der Waals surface area (Å²) in [5.41, 5.74) is 5.95. The van der Waals surface area contributed by atoms with Crippen molar-refractivity contribution < 1.29 is 13.2 Å². The molecule has 0 aromatic carbocycles. The first-order chi connectivity index (χ1) is 9.45. The van der Waals surface area contributed by atoms with Crippen LogP contribution in [0.2, 0.25) is 0 Å². The molecule has 0 spiro atoms. The van der Waals surface area contributed by atoms with E-state index in [9.17, 15) is 13.2 Å². The molecule has 1 heterocycles. The van der Waals surface area contributed by atoms with E-state index in [0.29, 0.717) is 31.8 Å². The Morgan fingerprint density at radius 1 is 1.38 bits per heavy atom. The number of sulfonamides is 1. The Bertz CT molecular complexity index is 454. The topological polar surface area (TPSA) is 92.5 Å². The fourth-order valence-electron chi connectivity index (χ4n) is 2.74. The number of carbonyl (C=O) groups is 1. The Balaban J connectivity index is 0.00000220. The van der Waals surface area contributed by atoms with Crippen LogP contribution in [0, 0.1) is 5.92 Å². The summed E-state index contributed by atoms with van der Waals surface area (Å²) < 4.78 is 25.6. The van der Waals surface area contributed by atoms with E-state index >= 15 is 0 Å². The lowest BCUT2D eigenvalue weighted by Crippen LogP contribution is -2.49. The van der Waals surface area contributed by atoms with Crippen LogP contribution in [0.15, 0.2) is 0 Å². The average molecular weight is 340 g/mol. The molecular weight excluding hydrogens is 314 g/mol. The Hall–Kier alpha value is -0.370. The molecule has 1 amide bonds. The molecule has 0 radical (unpaired) electrons. The van der Waals surface area contributed by atoms with E-state index < -0.39 is 16.1 Å². The zero-order valence-corrected chi connectivity index (χ0v) is 14.1. The number of amides is 1. The van der Waals surface area contributed by atoms with Crippen LogP contribution in [0.5, 0.6) is 0 Å². The van der Waals surface area contributed by atoms with Gasteiger partial charge in [0.2, 0.25) is 15.9 Å². The highest BCUT2D eigenvalue weighted by molar-refractivity contribution is 7.89. The molecular formula is C13H26ClN3O3S. The first-order valence-electron chi connectivity index (χ1n) is 7.48. The number of nitrogens with one attached hydrogen (secondary N) is 1. The van der Waals surface area contributed by atoms with Crippen LogP contribution in [0.25, 0.3) is 0 Å². The summed E-state index contributed by atoms with van der Waals surface area (Å²) in [4.78, 5) is 12.2. The van der Waals surface area contributed by atoms with Gasteiger partial charge in [-0.15, -0.1) is 12.4 Å². The summed E-state index contributed by atoms with van der Waals surface area (Å²) in [6, 6.07) is -0.543. The zero-order chi connectivity index (χ0) is 14.8. The molecule has 1 aliphatic heterocycles. The van der Waals surface area contributed by atoms with E-state index in [1.165, 1.54) is 4.31 Å². The van der Waals surface area contributed by atoms with Gasteiger partial charge in [0.15, 0.2) is 0 Å². The average Bonchev–Trinajstić information content (AvgIpc) is 3.11. The van der Waals surface area contributed by atoms with Gasteiger partial charge in [0.25, 0.3) is 0 Å². The molecule has 2 aliphatic rings. The SMILES string of the molecule is CCCS(=O)(=O)N1CCCC1C(=O)NCC(N)C1CC1.Cl. The fourth-order valence-corrected chi connectivity index (χ4v) is 4.48. The van der Waals surface area contributed by atoms with Crippen molar-refractivity contribution in [3.8, 4) is 0 Å². The van der Waals surface area contributed by atoms with E-state index in [0.717, 1.165) is 19.3 Å². The second kappa shape index (κ2) is 7.76. The summed E-state index contributed by atoms with van der Waals surface area (Å²) in [5.74, 6) is 0.440. The molecule has 2 atom stereocenters. The molecule has 1 aliphatic carbocycles. The number of nitrogens with zero attached hydrogens (tertiary/aromatic N) is 1.